The lowest BCUT2D eigenvalue weighted by Gasteiger charge is -2.28. The van der Waals surface area contributed by atoms with E-state index in [-0.39, 0.29) is 0 Å². The van der Waals surface area contributed by atoms with Crippen LogP contribution in [0.5, 0.6) is 0 Å². The highest BCUT2D eigenvalue weighted by molar-refractivity contribution is 7.80. The van der Waals surface area contributed by atoms with Gasteiger partial charge in [0.1, 0.15) is 0 Å². The predicted molar refractivity (Wildman–Crippen MR) is 77.5 cm³/mol. The van der Waals surface area contributed by atoms with Gasteiger partial charge in [-0.1, -0.05) is 50.7 Å². The van der Waals surface area contributed by atoms with Crippen molar-refractivity contribution in [1.29, 1.82) is 0 Å². The summed E-state index contributed by atoms with van der Waals surface area (Å²) >= 11 is 5.02. The molecule has 0 radical (unpaired) electrons. The molecule has 0 rings (SSSR count). The number of nitrogens with two attached hydrogens (primary N) is 1. The van der Waals surface area contributed by atoms with Crippen molar-refractivity contribution in [3.8, 4) is 0 Å². The van der Waals surface area contributed by atoms with E-state index in [1.54, 1.807) is 0 Å². The first-order chi connectivity index (χ1) is 7.25. The van der Waals surface area contributed by atoms with Crippen molar-refractivity contribution in [2.24, 2.45) is 23.5 Å². The first-order valence-corrected chi connectivity index (χ1v) is 6.27. The Morgan fingerprint density at radius 3 is 2.00 bits per heavy atom. The van der Waals surface area contributed by atoms with E-state index in [1.807, 2.05) is 0 Å². The van der Waals surface area contributed by atoms with Gasteiger partial charge in [-0.25, -0.2) is 0 Å². The molecule has 0 fully saturated rings. The summed E-state index contributed by atoms with van der Waals surface area (Å²) in [5, 5.41) is 0. The maximum Gasteiger partial charge on any atom is 0.0733 e. The third-order valence-electron chi connectivity index (χ3n) is 3.00. The van der Waals surface area contributed by atoms with Crippen LogP contribution in [0.3, 0.4) is 0 Å². The number of thiocarbonyl (C=S) groups is 1. The van der Waals surface area contributed by atoms with Gasteiger partial charge in [0, 0.05) is 6.42 Å². The quantitative estimate of drug-likeness (QED) is 0.535. The molecule has 1 nitrogen and oxygen atoms in total. The average Bonchev–Trinajstić information content (AvgIpc) is 2.11. The molecule has 0 saturated carbocycles. The molecule has 0 aliphatic carbocycles. The molecule has 0 amide bonds. The van der Waals surface area contributed by atoms with Crippen molar-refractivity contribution < 1.29 is 0 Å². The third-order valence-corrected chi connectivity index (χ3v) is 3.16. The number of hydrogen-bond acceptors (Lipinski definition) is 1. The fourth-order valence-corrected chi connectivity index (χ4v) is 2.21. The zero-order valence-corrected chi connectivity index (χ0v) is 11.9. The first kappa shape index (κ1) is 15.4. The van der Waals surface area contributed by atoms with Gasteiger partial charge >= 0.3 is 0 Å². The van der Waals surface area contributed by atoms with Crippen molar-refractivity contribution >= 4 is 17.2 Å². The molecule has 0 aromatic carbocycles. The molecule has 0 aromatic rings. The Morgan fingerprint density at radius 2 is 1.69 bits per heavy atom. The second-order valence-electron chi connectivity index (χ2n) is 5.15. The molecule has 0 aromatic heterocycles. The highest BCUT2D eigenvalue weighted by Gasteiger charge is 2.22. The molecular formula is C14H25NS. The van der Waals surface area contributed by atoms with E-state index in [2.05, 4.69) is 40.9 Å². The number of hydrogen-bond donors (Lipinski definition) is 1. The molecule has 16 heavy (non-hydrogen) atoms. The topological polar surface area (TPSA) is 26.0 Å². The van der Waals surface area contributed by atoms with Crippen LogP contribution in [0.25, 0.3) is 0 Å². The van der Waals surface area contributed by atoms with Crippen LogP contribution in [0.4, 0.5) is 0 Å². The summed E-state index contributed by atoms with van der Waals surface area (Å²) in [6.45, 7) is 16.8. The summed E-state index contributed by atoms with van der Waals surface area (Å²) in [7, 11) is 0. The van der Waals surface area contributed by atoms with Crippen molar-refractivity contribution in [2.45, 2.75) is 40.5 Å². The minimum atomic E-state index is 0.384. The van der Waals surface area contributed by atoms with Crippen molar-refractivity contribution in [3.63, 3.8) is 0 Å². The molecule has 2 atom stereocenters. The molecule has 0 bridgehead atoms. The predicted octanol–water partition coefficient (Wildman–Crippen LogP) is 4.09. The SMILES string of the molecule is C=C(C)CC(C)C(CC(N)=S)C(=C)C(C)C. The van der Waals surface area contributed by atoms with Gasteiger partial charge in [0.15, 0.2) is 0 Å². The summed E-state index contributed by atoms with van der Waals surface area (Å²) in [6.07, 6.45) is 1.78. The molecule has 0 saturated heterocycles. The molecule has 2 heteroatoms. The van der Waals surface area contributed by atoms with Crippen LogP contribution in [0, 0.1) is 17.8 Å². The van der Waals surface area contributed by atoms with Gasteiger partial charge in [0.2, 0.25) is 0 Å². The van der Waals surface area contributed by atoms with E-state index in [0.717, 1.165) is 12.8 Å². The van der Waals surface area contributed by atoms with E-state index in [9.17, 15) is 0 Å². The van der Waals surface area contributed by atoms with E-state index in [4.69, 9.17) is 18.0 Å². The fourth-order valence-electron chi connectivity index (χ4n) is 2.03. The highest BCUT2D eigenvalue weighted by atomic mass is 32.1. The Kier molecular flexibility index (Phi) is 6.58. The van der Waals surface area contributed by atoms with Crippen LogP contribution in [-0.4, -0.2) is 4.99 Å². The van der Waals surface area contributed by atoms with Gasteiger partial charge < -0.3 is 5.73 Å². The number of rotatable bonds is 7. The largest absolute Gasteiger partial charge is 0.393 e. The summed E-state index contributed by atoms with van der Waals surface area (Å²) in [5.41, 5.74) is 8.12. The van der Waals surface area contributed by atoms with Crippen molar-refractivity contribution in [2.75, 3.05) is 0 Å². The van der Waals surface area contributed by atoms with Crippen LogP contribution in [0.15, 0.2) is 24.3 Å². The molecular weight excluding hydrogens is 214 g/mol. The molecule has 0 aliphatic heterocycles. The van der Waals surface area contributed by atoms with Gasteiger partial charge in [0.25, 0.3) is 0 Å². The zero-order chi connectivity index (χ0) is 12.9. The van der Waals surface area contributed by atoms with Crippen LogP contribution in [0.1, 0.15) is 40.5 Å². The van der Waals surface area contributed by atoms with Gasteiger partial charge in [-0.2, -0.15) is 0 Å². The Morgan fingerprint density at radius 1 is 1.19 bits per heavy atom. The average molecular weight is 239 g/mol. The Labute approximate surface area is 106 Å². The first-order valence-electron chi connectivity index (χ1n) is 5.87. The molecule has 0 heterocycles. The lowest BCUT2D eigenvalue weighted by Crippen LogP contribution is -2.23. The fraction of sp³-hybridized carbons (Fsp3) is 0.643. The van der Waals surface area contributed by atoms with Gasteiger partial charge in [-0.15, -0.1) is 6.58 Å². The normalized spacial score (nSPS) is 14.6. The molecule has 0 aliphatic rings. The molecule has 0 spiro atoms. The molecule has 2 N–H and O–H groups in total. The van der Waals surface area contributed by atoms with Gasteiger partial charge in [-0.05, 0) is 31.1 Å². The van der Waals surface area contributed by atoms with E-state index < -0.39 is 0 Å². The zero-order valence-electron chi connectivity index (χ0n) is 11.0. The lowest BCUT2D eigenvalue weighted by atomic mass is 9.78. The second-order valence-corrected chi connectivity index (χ2v) is 5.67. The van der Waals surface area contributed by atoms with Crippen LogP contribution in [-0.2, 0) is 0 Å². The minimum absolute atomic E-state index is 0.384. The van der Waals surface area contributed by atoms with Crippen LogP contribution < -0.4 is 5.73 Å². The van der Waals surface area contributed by atoms with Gasteiger partial charge in [0.05, 0.1) is 4.99 Å². The molecule has 2 unspecified atom stereocenters. The van der Waals surface area contributed by atoms with Crippen LogP contribution >= 0.6 is 12.2 Å². The maximum absolute atomic E-state index is 5.67. The van der Waals surface area contributed by atoms with Crippen molar-refractivity contribution in [3.05, 3.63) is 24.3 Å². The summed E-state index contributed by atoms with van der Waals surface area (Å²) in [5.74, 6) is 1.37. The Balaban J connectivity index is 4.71. The van der Waals surface area contributed by atoms with E-state index in [0.29, 0.717) is 22.7 Å². The highest BCUT2D eigenvalue weighted by Crippen LogP contribution is 2.31. The standard InChI is InChI=1S/C14H25NS/c1-9(2)7-11(5)13(8-14(15)16)12(6)10(3)4/h10-11,13H,1,6-8H2,2-5H3,(H2,15,16). The maximum atomic E-state index is 5.67. The second kappa shape index (κ2) is 6.85. The van der Waals surface area contributed by atoms with Gasteiger partial charge in [-0.3, -0.25) is 0 Å². The van der Waals surface area contributed by atoms with E-state index >= 15 is 0 Å². The minimum Gasteiger partial charge on any atom is -0.393 e. The summed E-state index contributed by atoms with van der Waals surface area (Å²) in [4.78, 5) is 0.584. The smallest absolute Gasteiger partial charge is 0.0733 e. The lowest BCUT2D eigenvalue weighted by molar-refractivity contribution is 0.392. The summed E-state index contributed by atoms with van der Waals surface area (Å²) in [6, 6.07) is 0. The van der Waals surface area contributed by atoms with Crippen molar-refractivity contribution in [1.82, 2.24) is 0 Å². The van der Waals surface area contributed by atoms with E-state index in [1.165, 1.54) is 11.1 Å². The summed E-state index contributed by atoms with van der Waals surface area (Å²) < 4.78 is 0. The third kappa shape index (κ3) is 5.45. The Hall–Kier alpha value is -0.630. The monoisotopic (exact) mass is 239 g/mol. The van der Waals surface area contributed by atoms with Crippen LogP contribution in [0.2, 0.25) is 0 Å². The Bertz CT molecular complexity index is 278. The molecule has 92 valence electrons. The number of allylic oxidation sites excluding steroid dienone is 2.